The van der Waals surface area contributed by atoms with E-state index in [0.29, 0.717) is 12.1 Å². The Balaban J connectivity index is 1.46. The monoisotopic (exact) mass is 358 g/mol. The summed E-state index contributed by atoms with van der Waals surface area (Å²) in [6.45, 7) is 4.46. The third-order valence-corrected chi connectivity index (χ3v) is 4.89. The van der Waals surface area contributed by atoms with Crippen molar-refractivity contribution in [1.82, 2.24) is 10.3 Å². The van der Waals surface area contributed by atoms with E-state index in [1.54, 1.807) is 6.20 Å². The molecule has 1 aliphatic heterocycles. The van der Waals surface area contributed by atoms with Crippen molar-refractivity contribution in [2.24, 2.45) is 0 Å². The van der Waals surface area contributed by atoms with Gasteiger partial charge in [0.05, 0.1) is 12.2 Å². The fourth-order valence-electron chi connectivity index (χ4n) is 3.55. The number of carbonyl (C=O) groups excluding carboxylic acids is 1. The van der Waals surface area contributed by atoms with Crippen LogP contribution in [0.1, 0.15) is 27.0 Å². The van der Waals surface area contributed by atoms with E-state index in [2.05, 4.69) is 16.4 Å². The molecule has 1 N–H and O–H groups in total. The van der Waals surface area contributed by atoms with Crippen molar-refractivity contribution in [2.75, 3.05) is 6.54 Å². The van der Waals surface area contributed by atoms with Gasteiger partial charge in [0.15, 0.2) is 0 Å². The van der Waals surface area contributed by atoms with Crippen molar-refractivity contribution >= 4 is 5.91 Å². The zero-order valence-corrected chi connectivity index (χ0v) is 15.5. The van der Waals surface area contributed by atoms with Crippen LogP contribution in [0.15, 0.2) is 60.8 Å². The second-order valence-electron chi connectivity index (χ2n) is 6.98. The molecule has 1 aliphatic rings. The van der Waals surface area contributed by atoms with E-state index in [1.165, 1.54) is 0 Å². The topological polar surface area (TPSA) is 51.2 Å². The molecular formula is C23H22N2O2. The van der Waals surface area contributed by atoms with E-state index in [9.17, 15) is 4.79 Å². The number of pyridine rings is 1. The van der Waals surface area contributed by atoms with Crippen molar-refractivity contribution < 1.29 is 9.53 Å². The van der Waals surface area contributed by atoms with Crippen molar-refractivity contribution in [3.63, 3.8) is 0 Å². The van der Waals surface area contributed by atoms with Crippen molar-refractivity contribution in [2.45, 2.75) is 26.4 Å². The fourth-order valence-corrected chi connectivity index (χ4v) is 3.55. The Labute approximate surface area is 159 Å². The Morgan fingerprint density at radius 2 is 2.04 bits per heavy atom. The second kappa shape index (κ2) is 7.23. The standard InChI is InChI=1S/C23H22N2O2/c1-15-9-10-19(16(2)12-15)23(26)25-14-18-13-17-6-5-7-20(22(17)27-18)21-8-3-4-11-24-21/h3-12,18H,13-14H2,1-2H3,(H,25,26). The van der Waals surface area contributed by atoms with E-state index < -0.39 is 0 Å². The van der Waals surface area contributed by atoms with Crippen LogP contribution in [0.25, 0.3) is 11.3 Å². The average Bonchev–Trinajstić information content (AvgIpc) is 3.10. The molecule has 0 aliphatic carbocycles. The van der Waals surface area contributed by atoms with Crippen LogP contribution in [0.5, 0.6) is 5.75 Å². The van der Waals surface area contributed by atoms with Gasteiger partial charge in [-0.3, -0.25) is 9.78 Å². The van der Waals surface area contributed by atoms with Crippen LogP contribution in [-0.4, -0.2) is 23.5 Å². The van der Waals surface area contributed by atoms with Gasteiger partial charge in [-0.2, -0.15) is 0 Å². The molecule has 0 radical (unpaired) electrons. The molecule has 1 unspecified atom stereocenters. The summed E-state index contributed by atoms with van der Waals surface area (Å²) < 4.78 is 6.17. The van der Waals surface area contributed by atoms with Gasteiger partial charge in [-0.25, -0.2) is 0 Å². The molecule has 2 aromatic carbocycles. The lowest BCUT2D eigenvalue weighted by atomic mass is 10.0. The zero-order chi connectivity index (χ0) is 18.8. The molecule has 1 atom stereocenters. The lowest BCUT2D eigenvalue weighted by Gasteiger charge is -2.14. The fraction of sp³-hybridized carbons (Fsp3) is 0.217. The van der Waals surface area contributed by atoms with Crippen molar-refractivity contribution in [1.29, 1.82) is 0 Å². The number of carbonyl (C=O) groups is 1. The zero-order valence-electron chi connectivity index (χ0n) is 15.5. The van der Waals surface area contributed by atoms with E-state index in [-0.39, 0.29) is 12.0 Å². The maximum atomic E-state index is 12.5. The number of benzene rings is 2. The predicted molar refractivity (Wildman–Crippen MR) is 106 cm³/mol. The van der Waals surface area contributed by atoms with Crippen LogP contribution in [-0.2, 0) is 6.42 Å². The molecule has 0 saturated heterocycles. The minimum atomic E-state index is -0.0698. The Bertz CT molecular complexity index is 983. The Kier molecular flexibility index (Phi) is 4.63. The van der Waals surface area contributed by atoms with E-state index >= 15 is 0 Å². The molecular weight excluding hydrogens is 336 g/mol. The van der Waals surface area contributed by atoms with Gasteiger partial charge < -0.3 is 10.1 Å². The SMILES string of the molecule is Cc1ccc(C(=O)NCC2Cc3cccc(-c4ccccn4)c3O2)c(C)c1. The highest BCUT2D eigenvalue weighted by atomic mass is 16.5. The van der Waals surface area contributed by atoms with Crippen molar-refractivity contribution in [3.05, 3.63) is 83.0 Å². The summed E-state index contributed by atoms with van der Waals surface area (Å²) in [5, 5.41) is 3.02. The van der Waals surface area contributed by atoms with Crippen LogP contribution in [0, 0.1) is 13.8 Å². The van der Waals surface area contributed by atoms with Gasteiger partial charge in [-0.05, 0) is 49.2 Å². The summed E-state index contributed by atoms with van der Waals surface area (Å²) in [6.07, 6.45) is 2.49. The number of aromatic nitrogens is 1. The minimum absolute atomic E-state index is 0.0583. The highest BCUT2D eigenvalue weighted by Gasteiger charge is 2.26. The first-order valence-corrected chi connectivity index (χ1v) is 9.17. The molecule has 1 aromatic heterocycles. The largest absolute Gasteiger partial charge is 0.487 e. The van der Waals surface area contributed by atoms with E-state index in [1.807, 2.05) is 62.4 Å². The molecule has 4 rings (SSSR count). The highest BCUT2D eigenvalue weighted by Crippen LogP contribution is 2.37. The Hall–Kier alpha value is -3.14. The molecule has 4 heteroatoms. The summed E-state index contributed by atoms with van der Waals surface area (Å²) in [5.74, 6) is 0.818. The highest BCUT2D eigenvalue weighted by molar-refractivity contribution is 5.95. The quantitative estimate of drug-likeness (QED) is 0.764. The molecule has 1 amide bonds. The molecule has 0 fully saturated rings. The van der Waals surface area contributed by atoms with Gasteiger partial charge in [0, 0.05) is 23.7 Å². The minimum Gasteiger partial charge on any atom is -0.487 e. The number of para-hydroxylation sites is 1. The summed E-state index contributed by atoms with van der Waals surface area (Å²) in [7, 11) is 0. The summed E-state index contributed by atoms with van der Waals surface area (Å²) in [4.78, 5) is 17.0. The van der Waals surface area contributed by atoms with E-state index in [4.69, 9.17) is 4.74 Å². The van der Waals surface area contributed by atoms with Crippen LogP contribution < -0.4 is 10.1 Å². The normalized spacial score (nSPS) is 15.1. The molecule has 27 heavy (non-hydrogen) atoms. The van der Waals surface area contributed by atoms with Crippen LogP contribution in [0.2, 0.25) is 0 Å². The molecule has 0 bridgehead atoms. The number of hydrogen-bond acceptors (Lipinski definition) is 3. The maximum absolute atomic E-state index is 12.5. The lowest BCUT2D eigenvalue weighted by Crippen LogP contribution is -2.34. The molecule has 3 aromatic rings. The van der Waals surface area contributed by atoms with Crippen LogP contribution in [0.3, 0.4) is 0 Å². The number of aryl methyl sites for hydroxylation is 2. The number of amides is 1. The lowest BCUT2D eigenvalue weighted by molar-refractivity contribution is 0.0933. The number of nitrogens with one attached hydrogen (secondary N) is 1. The van der Waals surface area contributed by atoms with Gasteiger partial charge >= 0.3 is 0 Å². The van der Waals surface area contributed by atoms with Gasteiger partial charge in [-0.15, -0.1) is 0 Å². The Morgan fingerprint density at radius 1 is 1.15 bits per heavy atom. The van der Waals surface area contributed by atoms with Crippen LogP contribution >= 0.6 is 0 Å². The third-order valence-electron chi connectivity index (χ3n) is 4.89. The number of rotatable bonds is 4. The second-order valence-corrected chi connectivity index (χ2v) is 6.98. The first kappa shape index (κ1) is 17.3. The molecule has 4 nitrogen and oxygen atoms in total. The van der Waals surface area contributed by atoms with E-state index in [0.717, 1.165) is 40.1 Å². The molecule has 0 spiro atoms. The van der Waals surface area contributed by atoms with Crippen molar-refractivity contribution in [3.8, 4) is 17.0 Å². The average molecular weight is 358 g/mol. The first-order chi connectivity index (χ1) is 13.1. The third kappa shape index (κ3) is 3.56. The number of fused-ring (bicyclic) bond motifs is 1. The number of ether oxygens (including phenoxy) is 1. The predicted octanol–water partition coefficient (Wildman–Crippen LogP) is 4.10. The summed E-state index contributed by atoms with van der Waals surface area (Å²) in [6, 6.07) is 17.8. The molecule has 136 valence electrons. The first-order valence-electron chi connectivity index (χ1n) is 9.17. The summed E-state index contributed by atoms with van der Waals surface area (Å²) in [5.41, 5.74) is 5.90. The Morgan fingerprint density at radius 3 is 2.81 bits per heavy atom. The van der Waals surface area contributed by atoms with Gasteiger partial charge in [0.1, 0.15) is 11.9 Å². The smallest absolute Gasteiger partial charge is 0.251 e. The number of hydrogen-bond donors (Lipinski definition) is 1. The maximum Gasteiger partial charge on any atom is 0.251 e. The molecule has 0 saturated carbocycles. The van der Waals surface area contributed by atoms with Crippen LogP contribution in [0.4, 0.5) is 0 Å². The molecule has 2 heterocycles. The van der Waals surface area contributed by atoms with Gasteiger partial charge in [-0.1, -0.05) is 35.9 Å². The number of nitrogens with zero attached hydrogens (tertiary/aromatic N) is 1. The van der Waals surface area contributed by atoms with Gasteiger partial charge in [0.2, 0.25) is 0 Å². The van der Waals surface area contributed by atoms with Gasteiger partial charge in [0.25, 0.3) is 5.91 Å². The summed E-state index contributed by atoms with van der Waals surface area (Å²) >= 11 is 0.